The fraction of sp³-hybridized carbons (Fsp3) is 0.529. The van der Waals surface area contributed by atoms with Crippen LogP contribution in [0.25, 0.3) is 44.3 Å². The second-order valence-electron chi connectivity index (χ2n) is 26.1. The topological polar surface area (TPSA) is 292 Å². The van der Waals surface area contributed by atoms with Crippen LogP contribution in [0.2, 0.25) is 0 Å². The summed E-state index contributed by atoms with van der Waals surface area (Å²) in [5.74, 6) is -3.09. The van der Waals surface area contributed by atoms with Crippen LogP contribution in [0.15, 0.2) is 71.4 Å². The van der Waals surface area contributed by atoms with Gasteiger partial charge >= 0.3 is 24.1 Å². The van der Waals surface area contributed by atoms with Gasteiger partial charge in [-0.1, -0.05) is 36.4 Å². The number of nitrogens with one attached hydrogen (secondary N) is 2. The van der Waals surface area contributed by atoms with Gasteiger partial charge in [-0.25, -0.2) is 39.1 Å². The summed E-state index contributed by atoms with van der Waals surface area (Å²) in [6.07, 6.45) is 4.27. The highest BCUT2D eigenvalue weighted by molar-refractivity contribution is 7.10. The second-order valence-corrected chi connectivity index (χ2v) is 27.9. The highest BCUT2D eigenvalue weighted by Gasteiger charge is 2.43. The Balaban J connectivity index is 0.000000222. The van der Waals surface area contributed by atoms with E-state index in [0.717, 1.165) is 45.6 Å². The standard InChI is InChI=1S/C35H45N5O7S.C33H41N5O7S/c1-7-46-33(43)26-19-24(23-11-8-9-12-25(23)36-26)27-20-48-31(37-27)28-13-10-16-40(28)32(42)29(22-14-17-45-18-15-22)38-30(41)21(2)39(6)34(44)47-35(3,4)5;1-19(37(5)32(43)45-33(2,3)4)28(39)36-27(20-12-15-44-16-13-20)30(40)38-14-8-11-26(38)29-35-25(18-46-29)22-17-24(31(41)42)34-23-10-7-6-9-21(22)23/h8-9,11-12,19-22,28-29H,7,10,13-18H2,1-6H3,(H,38,41);6-7,9-10,17-20,26-27H,8,11-16H2,1-5H3,(H,36,39)(H,41,42)/t21-,28-,29-;19-,26-,27?/m00/s1. The van der Waals surface area contributed by atoms with Crippen molar-refractivity contribution in [3.05, 3.63) is 92.8 Å². The molecule has 4 aliphatic heterocycles. The van der Waals surface area contributed by atoms with E-state index in [1.807, 2.05) is 58.1 Å². The maximum atomic E-state index is 14.4. The molecule has 6 amide bonds. The zero-order valence-electron chi connectivity index (χ0n) is 55.3. The smallest absolute Gasteiger partial charge is 0.410 e. The molecule has 4 aromatic heterocycles. The molecule has 2 aromatic carbocycles. The molecule has 6 atom stereocenters. The molecule has 8 heterocycles. The number of esters is 1. The molecule has 6 aromatic rings. The summed E-state index contributed by atoms with van der Waals surface area (Å²) in [6.45, 7) is 18.8. The lowest BCUT2D eigenvalue weighted by atomic mass is 9.90. The van der Waals surface area contributed by atoms with Crippen LogP contribution in [0, 0.1) is 11.8 Å². The van der Waals surface area contributed by atoms with Crippen molar-refractivity contribution in [1.29, 1.82) is 0 Å². The number of carbonyl (C=O) groups is 8. The number of aromatic carboxylic acids is 1. The number of pyridine rings is 2. The van der Waals surface area contributed by atoms with Crippen LogP contribution in [0.4, 0.5) is 9.59 Å². The maximum Gasteiger partial charge on any atom is 0.410 e. The number of thiazole rings is 2. The predicted molar refractivity (Wildman–Crippen MR) is 354 cm³/mol. The number of benzene rings is 2. The van der Waals surface area contributed by atoms with Gasteiger partial charge in [0.1, 0.15) is 56.8 Å². The number of hydrogen-bond donors (Lipinski definition) is 3. The van der Waals surface area contributed by atoms with Gasteiger partial charge in [0.25, 0.3) is 0 Å². The van der Waals surface area contributed by atoms with Crippen molar-refractivity contribution < 1.29 is 67.1 Å². The molecule has 26 heteroatoms. The van der Waals surface area contributed by atoms with E-state index < -0.39 is 71.3 Å². The minimum atomic E-state index is -1.12. The molecular formula is C68H86N10O14S2. The highest BCUT2D eigenvalue weighted by atomic mass is 32.1. The summed E-state index contributed by atoms with van der Waals surface area (Å²) in [5.41, 5.74) is 2.66. The fourth-order valence-electron chi connectivity index (χ4n) is 12.0. The Hall–Kier alpha value is -8.20. The van der Waals surface area contributed by atoms with E-state index in [2.05, 4.69) is 20.6 Å². The zero-order valence-corrected chi connectivity index (χ0v) is 56.9. The number of fused-ring (bicyclic) bond motifs is 2. The lowest BCUT2D eigenvalue weighted by Gasteiger charge is -2.36. The first-order chi connectivity index (χ1) is 44.7. The largest absolute Gasteiger partial charge is 0.477 e. The molecule has 10 rings (SSSR count). The van der Waals surface area contributed by atoms with Crippen LogP contribution in [-0.2, 0) is 42.9 Å². The van der Waals surface area contributed by atoms with Gasteiger partial charge in [-0.15, -0.1) is 22.7 Å². The van der Waals surface area contributed by atoms with Crippen molar-refractivity contribution in [2.24, 2.45) is 11.8 Å². The summed E-state index contributed by atoms with van der Waals surface area (Å²) in [4.78, 5) is 130. The van der Waals surface area contributed by atoms with Crippen molar-refractivity contribution in [1.82, 2.24) is 50.2 Å². The summed E-state index contributed by atoms with van der Waals surface area (Å²) < 4.78 is 27.2. The number of para-hydroxylation sites is 2. The van der Waals surface area contributed by atoms with Gasteiger partial charge in [0, 0.05) is 86.3 Å². The van der Waals surface area contributed by atoms with Crippen molar-refractivity contribution >= 4 is 92.2 Å². The van der Waals surface area contributed by atoms with Gasteiger partial charge in [0.15, 0.2) is 0 Å². The van der Waals surface area contributed by atoms with Crippen LogP contribution < -0.4 is 10.6 Å². The van der Waals surface area contributed by atoms with Gasteiger partial charge in [-0.05, 0) is 150 Å². The average molecular weight is 1330 g/mol. The zero-order chi connectivity index (χ0) is 67.8. The van der Waals surface area contributed by atoms with Crippen molar-refractivity contribution in [3.63, 3.8) is 0 Å². The summed E-state index contributed by atoms with van der Waals surface area (Å²) in [6, 6.07) is 14.3. The highest BCUT2D eigenvalue weighted by Crippen LogP contribution is 2.41. The van der Waals surface area contributed by atoms with E-state index >= 15 is 0 Å². The van der Waals surface area contributed by atoms with Gasteiger partial charge in [0.2, 0.25) is 23.6 Å². The number of carboxylic acids is 1. The first-order valence-corrected chi connectivity index (χ1v) is 33.9. The van der Waals surface area contributed by atoms with Gasteiger partial charge in [0.05, 0.1) is 41.1 Å². The molecule has 0 aliphatic carbocycles. The Bertz CT molecular complexity index is 3740. The third-order valence-electron chi connectivity index (χ3n) is 17.3. The number of amides is 6. The van der Waals surface area contributed by atoms with Crippen molar-refractivity contribution in [2.75, 3.05) is 60.2 Å². The number of ether oxygens (including phenoxy) is 5. The van der Waals surface area contributed by atoms with E-state index in [1.54, 1.807) is 79.3 Å². The van der Waals surface area contributed by atoms with E-state index in [-0.39, 0.29) is 53.7 Å². The number of likely N-dealkylation sites (N-methyl/N-ethyl adjacent to an activating group) is 2. The lowest BCUT2D eigenvalue weighted by molar-refractivity contribution is -0.141. The fourth-order valence-corrected chi connectivity index (χ4v) is 13.9. The molecule has 0 radical (unpaired) electrons. The second kappa shape index (κ2) is 30.5. The van der Waals surface area contributed by atoms with Crippen molar-refractivity contribution in [2.45, 2.75) is 161 Å². The molecule has 1 unspecified atom stereocenters. The van der Waals surface area contributed by atoms with Crippen molar-refractivity contribution in [3.8, 4) is 22.5 Å². The Labute approximate surface area is 555 Å². The Morgan fingerprint density at radius 3 is 1.39 bits per heavy atom. The third kappa shape index (κ3) is 16.8. The molecule has 94 heavy (non-hydrogen) atoms. The number of rotatable bonds is 17. The molecule has 0 saturated carbocycles. The number of nitrogens with zero attached hydrogens (tertiary/aromatic N) is 8. The monoisotopic (exact) mass is 1330 g/mol. The number of carboxylic acid groups (broad SMARTS) is 1. The minimum Gasteiger partial charge on any atom is -0.477 e. The number of likely N-dealkylation sites (tertiary alicyclic amines) is 2. The predicted octanol–water partition coefficient (Wildman–Crippen LogP) is 10.3. The summed E-state index contributed by atoms with van der Waals surface area (Å²) >= 11 is 2.89. The van der Waals surface area contributed by atoms with Crippen LogP contribution in [0.3, 0.4) is 0 Å². The van der Waals surface area contributed by atoms with Crippen LogP contribution in [0.1, 0.15) is 157 Å². The van der Waals surface area contributed by atoms with Crippen LogP contribution in [-0.4, -0.2) is 188 Å². The summed E-state index contributed by atoms with van der Waals surface area (Å²) in [7, 11) is 3.02. The first kappa shape index (κ1) is 70.1. The Kier molecular flexibility index (Phi) is 22.7. The first-order valence-electron chi connectivity index (χ1n) is 32.1. The molecule has 3 N–H and O–H groups in total. The Morgan fingerprint density at radius 2 is 1.00 bits per heavy atom. The molecule has 4 saturated heterocycles. The molecule has 24 nitrogen and oxygen atoms in total. The summed E-state index contributed by atoms with van der Waals surface area (Å²) in [5, 5.41) is 22.7. The Morgan fingerprint density at radius 1 is 0.606 bits per heavy atom. The third-order valence-corrected chi connectivity index (χ3v) is 19.2. The molecule has 0 bridgehead atoms. The van der Waals surface area contributed by atoms with E-state index in [4.69, 9.17) is 33.7 Å². The van der Waals surface area contributed by atoms with Gasteiger partial charge < -0.3 is 49.2 Å². The van der Waals surface area contributed by atoms with Gasteiger partial charge in [-0.2, -0.15) is 0 Å². The number of aromatic nitrogens is 4. The molecule has 504 valence electrons. The average Bonchev–Trinajstić information content (AvgIpc) is 1.56. The van der Waals surface area contributed by atoms with E-state index in [1.165, 1.54) is 52.6 Å². The van der Waals surface area contributed by atoms with Crippen LogP contribution >= 0.6 is 22.7 Å². The lowest BCUT2D eigenvalue weighted by Crippen LogP contribution is -2.57. The number of hydrogen-bond acceptors (Lipinski definition) is 19. The molecule has 4 aliphatic rings. The minimum absolute atomic E-state index is 0.0671. The van der Waals surface area contributed by atoms with Gasteiger partial charge in [-0.3, -0.25) is 29.0 Å². The number of carbonyl (C=O) groups excluding carboxylic acids is 7. The van der Waals surface area contributed by atoms with E-state index in [0.29, 0.717) is 99.6 Å². The maximum absolute atomic E-state index is 14.4. The quantitative estimate of drug-likeness (QED) is 0.0565. The van der Waals surface area contributed by atoms with Crippen LogP contribution in [0.5, 0.6) is 0 Å². The molecule has 4 fully saturated rings. The molecular weight excluding hydrogens is 1240 g/mol. The van der Waals surface area contributed by atoms with E-state index in [9.17, 15) is 43.5 Å². The molecule has 0 spiro atoms. The SMILES string of the molecule is CCOC(=O)c1cc(-c2csc([C@@H]3CCCN3C(=O)[C@@H](NC(=O)[C@H](C)N(C)C(=O)OC(C)(C)C)C3CCOCC3)n2)c2ccccc2n1.C[C@@H](C(=O)NC(C(=O)N1CCC[C@H]1c1nc(-c2cc(C(=O)O)nc3ccccc23)cs1)C1CCOCC1)N(C)C(=O)OC(C)(C)C. The normalized spacial score (nSPS) is 18.5.